The molecule has 3 aromatic rings. The number of aryl methyl sites for hydroxylation is 2. The van der Waals surface area contributed by atoms with Crippen molar-refractivity contribution in [3.05, 3.63) is 91.3 Å². The fraction of sp³-hybridized carbons (Fsp3) is 0.190. The van der Waals surface area contributed by atoms with Gasteiger partial charge in [0.2, 0.25) is 0 Å². The Bertz CT molecular complexity index is 610. The second kappa shape index (κ2) is 13.7. The van der Waals surface area contributed by atoms with Crippen molar-refractivity contribution in [2.24, 2.45) is 0 Å². The average Bonchev–Trinajstić information content (AvgIpc) is 2.51. The van der Waals surface area contributed by atoms with Gasteiger partial charge in [0.25, 0.3) is 0 Å². The Hall–Kier alpha value is -0.976. The van der Waals surface area contributed by atoms with Crippen molar-refractivity contribution < 1.29 is 32.7 Å². The summed E-state index contributed by atoms with van der Waals surface area (Å²) in [5.74, 6) is 0. The first-order chi connectivity index (χ1) is 9.77. The molecule has 0 amide bonds. The third-order valence-electron chi connectivity index (χ3n) is 2.95. The van der Waals surface area contributed by atoms with Crippen LogP contribution in [0.3, 0.4) is 0 Å². The van der Waals surface area contributed by atoms with Crippen LogP contribution in [-0.2, 0) is 32.7 Å². The summed E-state index contributed by atoms with van der Waals surface area (Å²) in [6, 6.07) is 25.1. The molecule has 0 nitrogen and oxygen atoms in total. The van der Waals surface area contributed by atoms with E-state index in [4.69, 9.17) is 0 Å². The van der Waals surface area contributed by atoms with Crippen LogP contribution in [0.2, 0.25) is 0 Å². The molecule has 115 valence electrons. The first kappa shape index (κ1) is 23.3. The van der Waals surface area contributed by atoms with Gasteiger partial charge in [-0.3, -0.25) is 0 Å². The molecular weight excluding hydrogens is 341 g/mol. The molecule has 0 unspecified atom stereocenters. The van der Waals surface area contributed by atoms with E-state index in [0.29, 0.717) is 0 Å². The Morgan fingerprint density at radius 3 is 1.59 bits per heavy atom. The quantitative estimate of drug-likeness (QED) is 0.391. The first-order valence-electron chi connectivity index (χ1n) is 7.23. The summed E-state index contributed by atoms with van der Waals surface area (Å²) in [5.41, 5.74) is 2.67. The molecule has 0 spiro atoms. The van der Waals surface area contributed by atoms with Gasteiger partial charge in [-0.05, 0) is 30.2 Å². The van der Waals surface area contributed by atoms with Crippen molar-refractivity contribution in [1.82, 2.24) is 0 Å². The van der Waals surface area contributed by atoms with Crippen LogP contribution in [0.4, 0.5) is 0 Å². The van der Waals surface area contributed by atoms with Crippen molar-refractivity contribution in [2.75, 3.05) is 0 Å². The maximum atomic E-state index is 2.16. The maximum absolute atomic E-state index is 2.16. The molecule has 3 aromatic carbocycles. The molecule has 0 atom stereocenters. The molecule has 3 rings (SSSR count). The fourth-order valence-corrected chi connectivity index (χ4v) is 1.92. The van der Waals surface area contributed by atoms with Crippen LogP contribution in [0.5, 0.6) is 0 Å². The summed E-state index contributed by atoms with van der Waals surface area (Å²) in [5, 5.41) is 2.68. The van der Waals surface area contributed by atoms with Crippen LogP contribution in [0.1, 0.15) is 25.0 Å². The zero-order valence-corrected chi connectivity index (χ0v) is 17.3. The van der Waals surface area contributed by atoms with Gasteiger partial charge in [0.05, 0.1) is 0 Å². The normalized spacial score (nSPS) is 8.18. The standard InChI is InChI=1S/C11H10.C7H8.C2H6.CH3.Y/c1-9-5-4-7-10-6-2-3-8-11(9)10;1-7-5-3-2-4-6-7;1-2;;/h2-8H,1H3;2-6H,1H3;1-2H3;1H3;/q;;;-1;. The van der Waals surface area contributed by atoms with Crippen LogP contribution < -0.4 is 0 Å². The average molecular weight is 368 g/mol. The third kappa shape index (κ3) is 7.87. The molecule has 0 aliphatic carbocycles. The minimum Gasteiger partial charge on any atom is -0.358 e. The molecule has 1 radical (unpaired) electrons. The number of hydrogen-bond acceptors (Lipinski definition) is 0. The van der Waals surface area contributed by atoms with Gasteiger partial charge >= 0.3 is 0 Å². The zero-order valence-electron chi connectivity index (χ0n) is 14.5. The molecule has 0 heterocycles. The summed E-state index contributed by atoms with van der Waals surface area (Å²) in [6.45, 7) is 8.22. The molecule has 0 aromatic heterocycles. The molecule has 22 heavy (non-hydrogen) atoms. The predicted molar refractivity (Wildman–Crippen MR) is 97.6 cm³/mol. The molecule has 0 saturated heterocycles. The van der Waals surface area contributed by atoms with Crippen molar-refractivity contribution >= 4 is 10.8 Å². The third-order valence-corrected chi connectivity index (χ3v) is 2.95. The Labute approximate surface area is 161 Å². The number of fused-ring (bicyclic) bond motifs is 1. The minimum atomic E-state index is 0. The SMILES string of the molecule is CC.Cc1cccc2ccccc12.Cc1ccccc1.[CH3-].[Y]. The van der Waals surface area contributed by atoms with E-state index in [1.54, 1.807) is 0 Å². The minimum absolute atomic E-state index is 0. The Morgan fingerprint density at radius 1 is 0.591 bits per heavy atom. The van der Waals surface area contributed by atoms with Gasteiger partial charge in [-0.2, -0.15) is 0 Å². The molecular formula is C21H27Y-. The van der Waals surface area contributed by atoms with E-state index in [1.165, 1.54) is 21.9 Å². The van der Waals surface area contributed by atoms with E-state index in [1.807, 2.05) is 32.0 Å². The summed E-state index contributed by atoms with van der Waals surface area (Å²) >= 11 is 0. The molecule has 0 N–H and O–H groups in total. The molecule has 0 aliphatic heterocycles. The zero-order chi connectivity index (χ0) is 14.8. The van der Waals surface area contributed by atoms with E-state index < -0.39 is 0 Å². The van der Waals surface area contributed by atoms with Crippen molar-refractivity contribution in [2.45, 2.75) is 27.7 Å². The van der Waals surface area contributed by atoms with Crippen molar-refractivity contribution in [3.63, 3.8) is 0 Å². The van der Waals surface area contributed by atoms with E-state index in [0.717, 1.165) is 0 Å². The first-order valence-corrected chi connectivity index (χ1v) is 7.23. The summed E-state index contributed by atoms with van der Waals surface area (Å²) in [6.07, 6.45) is 0. The number of hydrogen-bond donors (Lipinski definition) is 0. The molecule has 0 fully saturated rings. The molecule has 0 saturated carbocycles. The number of rotatable bonds is 0. The van der Waals surface area contributed by atoms with Crippen LogP contribution in [-0.4, -0.2) is 0 Å². The molecule has 0 bridgehead atoms. The smallest absolute Gasteiger partial charge is 0 e. The Kier molecular flexibility index (Phi) is 14.5. The monoisotopic (exact) mass is 368 g/mol. The largest absolute Gasteiger partial charge is 0.358 e. The van der Waals surface area contributed by atoms with Gasteiger partial charge in [-0.1, -0.05) is 92.2 Å². The summed E-state index contributed by atoms with van der Waals surface area (Å²) in [4.78, 5) is 0. The van der Waals surface area contributed by atoms with E-state index >= 15 is 0 Å². The fourth-order valence-electron chi connectivity index (χ4n) is 1.92. The maximum Gasteiger partial charge on any atom is 0 e. The second-order valence-electron chi connectivity index (χ2n) is 4.45. The van der Waals surface area contributed by atoms with Gasteiger partial charge < -0.3 is 7.43 Å². The van der Waals surface area contributed by atoms with E-state index in [2.05, 4.69) is 68.4 Å². The van der Waals surface area contributed by atoms with Crippen LogP contribution in [0.15, 0.2) is 72.8 Å². The topological polar surface area (TPSA) is 0 Å². The second-order valence-corrected chi connectivity index (χ2v) is 4.45. The van der Waals surface area contributed by atoms with Crippen molar-refractivity contribution in [3.8, 4) is 0 Å². The van der Waals surface area contributed by atoms with E-state index in [9.17, 15) is 0 Å². The van der Waals surface area contributed by atoms with Gasteiger partial charge in [0, 0.05) is 32.7 Å². The Balaban J connectivity index is 0. The van der Waals surface area contributed by atoms with Crippen LogP contribution >= 0.6 is 0 Å². The molecule has 1 heteroatoms. The van der Waals surface area contributed by atoms with Gasteiger partial charge in [-0.15, -0.1) is 0 Å². The van der Waals surface area contributed by atoms with Gasteiger partial charge in [0.1, 0.15) is 0 Å². The van der Waals surface area contributed by atoms with Gasteiger partial charge in [0.15, 0.2) is 0 Å². The molecule has 0 aliphatic rings. The van der Waals surface area contributed by atoms with Crippen molar-refractivity contribution in [1.29, 1.82) is 0 Å². The van der Waals surface area contributed by atoms with Gasteiger partial charge in [-0.25, -0.2) is 0 Å². The summed E-state index contributed by atoms with van der Waals surface area (Å²) in [7, 11) is 0. The number of benzene rings is 3. The summed E-state index contributed by atoms with van der Waals surface area (Å²) < 4.78 is 0. The van der Waals surface area contributed by atoms with Crippen LogP contribution in [0, 0.1) is 21.3 Å². The Morgan fingerprint density at radius 2 is 1.09 bits per heavy atom. The van der Waals surface area contributed by atoms with Crippen LogP contribution in [0.25, 0.3) is 10.8 Å². The van der Waals surface area contributed by atoms with E-state index in [-0.39, 0.29) is 40.1 Å². The predicted octanol–water partition coefficient (Wildman–Crippen LogP) is 6.62.